The normalized spacial score (nSPS) is 23.9. The maximum atomic E-state index is 14.6. The molecule has 3 aliphatic rings. The predicted octanol–water partition coefficient (Wildman–Crippen LogP) is -1.09. The van der Waals surface area contributed by atoms with Crippen LogP contribution in [0, 0.1) is 29.1 Å². The zero-order valence-electron chi connectivity index (χ0n) is 22.3. The topological polar surface area (TPSA) is 209 Å². The number of carboxylic acid groups (broad SMARTS) is 1. The van der Waals surface area contributed by atoms with Crippen molar-refractivity contribution in [2.45, 2.75) is 62.7 Å². The molecule has 3 atom stereocenters. The van der Waals surface area contributed by atoms with E-state index < -0.39 is 107 Å². The Bertz CT molecular complexity index is 1340. The van der Waals surface area contributed by atoms with Gasteiger partial charge >= 0.3 is 5.97 Å². The number of fused-ring (bicyclic) bond motifs is 8. The van der Waals surface area contributed by atoms with Gasteiger partial charge in [0.15, 0.2) is 29.2 Å². The van der Waals surface area contributed by atoms with Crippen molar-refractivity contribution in [3.8, 4) is 0 Å². The number of carbonyl (C=O) groups excluding carboxylic acids is 4. The Balaban J connectivity index is 2.05. The van der Waals surface area contributed by atoms with E-state index in [1.54, 1.807) is 0 Å². The molecule has 4 amide bonds. The number of amides is 4. The molecular formula is C24H28F5N7O6. The fraction of sp³-hybridized carbons (Fsp3) is 0.500. The minimum absolute atomic E-state index is 0.0508. The van der Waals surface area contributed by atoms with Gasteiger partial charge in [-0.1, -0.05) is 0 Å². The Kier molecular flexibility index (Phi) is 8.97. The molecular weight excluding hydrogens is 577 g/mol. The average Bonchev–Trinajstić information content (AvgIpc) is 2.91. The maximum absolute atomic E-state index is 14.6. The van der Waals surface area contributed by atoms with Gasteiger partial charge in [-0.25, -0.2) is 22.0 Å². The highest BCUT2D eigenvalue weighted by Gasteiger charge is 2.60. The van der Waals surface area contributed by atoms with Gasteiger partial charge in [0, 0.05) is 18.5 Å². The number of β-lactam (4-membered cyclic amide) rings is 1. The first-order chi connectivity index (χ1) is 19.4. The number of aliphatic imine (C=N–C) groups is 1. The molecule has 8 N–H and O–H groups in total. The van der Waals surface area contributed by atoms with E-state index in [0.29, 0.717) is 0 Å². The van der Waals surface area contributed by atoms with E-state index in [2.05, 4.69) is 20.9 Å². The quantitative estimate of drug-likeness (QED) is 0.0313. The molecule has 13 nitrogen and oxygen atoms in total. The van der Waals surface area contributed by atoms with Crippen molar-refractivity contribution in [3.05, 3.63) is 34.6 Å². The summed E-state index contributed by atoms with van der Waals surface area (Å²) in [4.78, 5) is 69.2. The molecule has 3 aliphatic heterocycles. The second kappa shape index (κ2) is 11.8. The fourth-order valence-corrected chi connectivity index (χ4v) is 4.61. The standard InChI is InChI=1S/C24H28F5N7O6/c1-23(2)20(41)34-10(4-3-5-32-22(30)31)18(39)33-11(6-12(37)38)19(40)35-24(8-36(23)21(24)42)7-9-13(25)15(27)17(29)16(28)14(9)26/h10-11H,3-8H2,1-2H3,(H,33,39)(H,34,41)(H,35,40)(H,37,38)(H4,30,31,32)/t10-,11-,24-/m0/s1. The van der Waals surface area contributed by atoms with Crippen molar-refractivity contribution in [2.24, 2.45) is 16.5 Å². The zero-order valence-corrected chi connectivity index (χ0v) is 22.3. The van der Waals surface area contributed by atoms with E-state index in [-0.39, 0.29) is 25.3 Å². The minimum Gasteiger partial charge on any atom is -0.481 e. The molecule has 3 saturated heterocycles. The molecule has 18 heteroatoms. The number of carboxylic acids is 1. The molecule has 2 bridgehead atoms. The molecule has 4 rings (SSSR count). The maximum Gasteiger partial charge on any atom is 0.305 e. The molecule has 230 valence electrons. The van der Waals surface area contributed by atoms with Crippen LogP contribution in [0.1, 0.15) is 38.7 Å². The van der Waals surface area contributed by atoms with E-state index in [1.807, 2.05) is 0 Å². The number of rotatable bonds is 8. The summed E-state index contributed by atoms with van der Waals surface area (Å²) in [5, 5.41) is 16.1. The van der Waals surface area contributed by atoms with Crippen molar-refractivity contribution in [1.29, 1.82) is 0 Å². The summed E-state index contributed by atoms with van der Waals surface area (Å²) in [6.45, 7) is 1.92. The third-order valence-corrected chi connectivity index (χ3v) is 7.03. The van der Waals surface area contributed by atoms with Crippen LogP contribution in [0.4, 0.5) is 22.0 Å². The number of halogens is 5. The number of guanidine groups is 1. The lowest BCUT2D eigenvalue weighted by molar-refractivity contribution is -0.169. The van der Waals surface area contributed by atoms with Crippen LogP contribution in [0.2, 0.25) is 0 Å². The number of nitrogens with two attached hydrogens (primary N) is 2. The van der Waals surface area contributed by atoms with Gasteiger partial charge in [-0.2, -0.15) is 0 Å². The molecule has 1 aromatic rings. The monoisotopic (exact) mass is 605 g/mol. The van der Waals surface area contributed by atoms with E-state index in [4.69, 9.17) is 11.5 Å². The SMILES string of the molecule is CC1(C)C(=O)N[C@@H](CCCN=C(N)N)C(=O)N[C@@H](CC(=O)O)C(=O)N[C@@]2(Cc3c(F)c(F)c(F)c(F)c3F)CN1C2=O. The van der Waals surface area contributed by atoms with Gasteiger partial charge in [0.1, 0.15) is 23.2 Å². The number of hydrogen-bond acceptors (Lipinski definition) is 6. The van der Waals surface area contributed by atoms with Crippen LogP contribution in [-0.2, 0) is 30.4 Å². The summed E-state index contributed by atoms with van der Waals surface area (Å²) in [5.41, 5.74) is 5.00. The van der Waals surface area contributed by atoms with Gasteiger partial charge in [-0.15, -0.1) is 0 Å². The van der Waals surface area contributed by atoms with Crippen LogP contribution in [0.5, 0.6) is 0 Å². The number of aliphatic carboxylic acids is 1. The molecule has 0 spiro atoms. The lowest BCUT2D eigenvalue weighted by Gasteiger charge is -2.55. The molecule has 0 aliphatic carbocycles. The Morgan fingerprint density at radius 1 is 0.952 bits per heavy atom. The third kappa shape index (κ3) is 6.06. The molecule has 42 heavy (non-hydrogen) atoms. The van der Waals surface area contributed by atoms with Gasteiger partial charge in [-0.05, 0) is 26.7 Å². The fourth-order valence-electron chi connectivity index (χ4n) is 4.61. The zero-order chi connectivity index (χ0) is 31.7. The Morgan fingerprint density at radius 3 is 2.05 bits per heavy atom. The van der Waals surface area contributed by atoms with Crippen molar-refractivity contribution < 1.29 is 51.0 Å². The van der Waals surface area contributed by atoms with E-state index in [0.717, 1.165) is 4.90 Å². The molecule has 3 heterocycles. The Morgan fingerprint density at radius 2 is 1.52 bits per heavy atom. The highest BCUT2D eigenvalue weighted by atomic mass is 19.2. The highest BCUT2D eigenvalue weighted by molar-refractivity contribution is 6.04. The predicted molar refractivity (Wildman–Crippen MR) is 133 cm³/mol. The van der Waals surface area contributed by atoms with Crippen LogP contribution in [0.3, 0.4) is 0 Å². The van der Waals surface area contributed by atoms with Crippen molar-refractivity contribution in [3.63, 3.8) is 0 Å². The Labute approximate surface area is 234 Å². The average molecular weight is 606 g/mol. The Hall–Kier alpha value is -4.51. The molecule has 1 aromatic carbocycles. The van der Waals surface area contributed by atoms with Gasteiger partial charge in [0.05, 0.1) is 13.0 Å². The smallest absolute Gasteiger partial charge is 0.305 e. The lowest BCUT2D eigenvalue weighted by Crippen LogP contribution is -2.81. The number of hydrogen-bond donors (Lipinski definition) is 6. The van der Waals surface area contributed by atoms with Gasteiger partial charge in [-0.3, -0.25) is 29.0 Å². The first-order valence-corrected chi connectivity index (χ1v) is 12.5. The first kappa shape index (κ1) is 32.0. The van der Waals surface area contributed by atoms with Crippen LogP contribution in [0.15, 0.2) is 4.99 Å². The molecule has 3 fully saturated rings. The second-order valence-electron chi connectivity index (χ2n) is 10.4. The van der Waals surface area contributed by atoms with Crippen molar-refractivity contribution >= 4 is 35.6 Å². The van der Waals surface area contributed by atoms with Crippen molar-refractivity contribution in [1.82, 2.24) is 20.9 Å². The van der Waals surface area contributed by atoms with Gasteiger partial charge in [0.2, 0.25) is 23.5 Å². The van der Waals surface area contributed by atoms with Crippen LogP contribution < -0.4 is 27.4 Å². The molecule has 0 radical (unpaired) electrons. The molecule has 0 saturated carbocycles. The summed E-state index contributed by atoms with van der Waals surface area (Å²) in [7, 11) is 0. The summed E-state index contributed by atoms with van der Waals surface area (Å²) in [5.74, 6) is -17.6. The number of nitrogens with one attached hydrogen (secondary N) is 3. The second-order valence-corrected chi connectivity index (χ2v) is 10.4. The number of carbonyl (C=O) groups is 5. The van der Waals surface area contributed by atoms with E-state index in [9.17, 15) is 51.0 Å². The third-order valence-electron chi connectivity index (χ3n) is 7.03. The largest absolute Gasteiger partial charge is 0.481 e. The number of nitrogens with zero attached hydrogens (tertiary/aromatic N) is 2. The lowest BCUT2D eigenvalue weighted by atomic mass is 9.77. The van der Waals surface area contributed by atoms with Crippen LogP contribution in [0.25, 0.3) is 0 Å². The van der Waals surface area contributed by atoms with Crippen molar-refractivity contribution in [2.75, 3.05) is 13.1 Å². The van der Waals surface area contributed by atoms with Gasteiger partial charge in [0.25, 0.3) is 5.91 Å². The van der Waals surface area contributed by atoms with E-state index >= 15 is 0 Å². The number of benzene rings is 1. The minimum atomic E-state index is -2.44. The van der Waals surface area contributed by atoms with Gasteiger partial charge < -0.3 is 37.4 Å². The first-order valence-electron chi connectivity index (χ1n) is 12.5. The summed E-state index contributed by atoms with van der Waals surface area (Å²) >= 11 is 0. The van der Waals surface area contributed by atoms with Crippen LogP contribution in [-0.4, -0.2) is 81.8 Å². The van der Waals surface area contributed by atoms with Crippen LogP contribution >= 0.6 is 0 Å². The highest BCUT2D eigenvalue weighted by Crippen LogP contribution is 2.36. The molecule has 0 aromatic heterocycles. The summed E-state index contributed by atoms with van der Waals surface area (Å²) < 4.78 is 70.6. The molecule has 0 unspecified atom stereocenters. The summed E-state index contributed by atoms with van der Waals surface area (Å²) in [6, 6.07) is -3.22. The summed E-state index contributed by atoms with van der Waals surface area (Å²) in [6.07, 6.45) is -2.21. The van der Waals surface area contributed by atoms with E-state index in [1.165, 1.54) is 13.8 Å².